The highest BCUT2D eigenvalue weighted by atomic mass is 16.5. The van der Waals surface area contributed by atoms with Crippen LogP contribution in [0.1, 0.15) is 12.8 Å². The molecule has 3 N–H and O–H groups in total. The maximum Gasteiger partial charge on any atom is 0.240 e. The van der Waals surface area contributed by atoms with Gasteiger partial charge in [-0.05, 0) is 25.0 Å². The van der Waals surface area contributed by atoms with Gasteiger partial charge in [0.1, 0.15) is 0 Å². The monoisotopic (exact) mass is 237 g/mol. The minimum Gasteiger partial charge on any atom is -0.381 e. The lowest BCUT2D eigenvalue weighted by Gasteiger charge is -2.31. The minimum absolute atomic E-state index is 0.0621. The molecule has 0 aromatic carbocycles. The molecule has 2 heterocycles. The number of amides is 1. The summed E-state index contributed by atoms with van der Waals surface area (Å²) >= 11 is 0. The normalized spacial score (nSPS) is 18.9. The third-order valence-electron chi connectivity index (χ3n) is 3.16. The molecule has 1 saturated heterocycles. The number of nitrogens with zero attached hydrogens (tertiary/aromatic N) is 1. The number of carbonyl (C=O) groups is 1. The van der Waals surface area contributed by atoms with Gasteiger partial charge in [0.2, 0.25) is 5.91 Å². The average molecular weight is 237 g/mol. The van der Waals surface area contributed by atoms with Crippen molar-refractivity contribution >= 4 is 5.91 Å². The zero-order valence-corrected chi connectivity index (χ0v) is 9.89. The number of hydrogen-bond donors (Lipinski definition) is 2. The lowest BCUT2D eigenvalue weighted by molar-refractivity contribution is -0.129. The Labute approximate surface area is 101 Å². The molecule has 2 rings (SSSR count). The van der Waals surface area contributed by atoms with Crippen LogP contribution in [-0.2, 0) is 16.1 Å². The second kappa shape index (κ2) is 5.33. The van der Waals surface area contributed by atoms with Crippen molar-refractivity contribution in [3.63, 3.8) is 0 Å². The molecule has 0 saturated carbocycles. The van der Waals surface area contributed by atoms with Crippen LogP contribution >= 0.6 is 0 Å². The highest BCUT2D eigenvalue weighted by molar-refractivity contribution is 5.86. The van der Waals surface area contributed by atoms with Gasteiger partial charge in [-0.2, -0.15) is 0 Å². The van der Waals surface area contributed by atoms with Crippen LogP contribution < -0.4 is 11.1 Å². The fourth-order valence-electron chi connectivity index (χ4n) is 1.96. The van der Waals surface area contributed by atoms with Crippen LogP contribution in [0.25, 0.3) is 0 Å². The van der Waals surface area contributed by atoms with Gasteiger partial charge in [0.15, 0.2) is 0 Å². The summed E-state index contributed by atoms with van der Waals surface area (Å²) in [6.07, 6.45) is 5.14. The molecule has 1 aliphatic rings. The van der Waals surface area contributed by atoms with Gasteiger partial charge in [-0.25, -0.2) is 0 Å². The standard InChI is InChI=1S/C12H19N3O2/c13-12(3-9-17-10-4-12)11(16)14-5-8-15-6-1-2-7-15/h1-2,6-7H,3-5,8-10,13H2,(H,14,16). The smallest absolute Gasteiger partial charge is 0.240 e. The van der Waals surface area contributed by atoms with Gasteiger partial charge >= 0.3 is 0 Å². The van der Waals surface area contributed by atoms with Crippen molar-refractivity contribution < 1.29 is 9.53 Å². The Hall–Kier alpha value is -1.33. The van der Waals surface area contributed by atoms with E-state index in [1.165, 1.54) is 0 Å². The van der Waals surface area contributed by atoms with E-state index >= 15 is 0 Å². The molecule has 1 aliphatic heterocycles. The lowest BCUT2D eigenvalue weighted by atomic mass is 9.90. The molecule has 1 amide bonds. The SMILES string of the molecule is NC1(C(=O)NCCn2cccc2)CCOCC1. The summed E-state index contributed by atoms with van der Waals surface area (Å²) in [5.74, 6) is -0.0621. The maximum absolute atomic E-state index is 11.9. The quantitative estimate of drug-likeness (QED) is 0.781. The van der Waals surface area contributed by atoms with Crippen molar-refractivity contribution in [3.05, 3.63) is 24.5 Å². The second-order valence-corrected chi connectivity index (χ2v) is 4.45. The molecule has 1 aromatic rings. The number of nitrogens with two attached hydrogens (primary N) is 1. The molecule has 0 radical (unpaired) electrons. The van der Waals surface area contributed by atoms with Crippen molar-refractivity contribution in [3.8, 4) is 0 Å². The number of nitrogens with one attached hydrogen (secondary N) is 1. The highest BCUT2D eigenvalue weighted by Crippen LogP contribution is 2.17. The van der Waals surface area contributed by atoms with Gasteiger partial charge < -0.3 is 20.4 Å². The van der Waals surface area contributed by atoms with Crippen LogP contribution in [0.15, 0.2) is 24.5 Å². The molecule has 0 aliphatic carbocycles. The Balaban J connectivity index is 1.76. The summed E-state index contributed by atoms with van der Waals surface area (Å²) in [6, 6.07) is 3.93. The van der Waals surface area contributed by atoms with E-state index in [4.69, 9.17) is 10.5 Å². The summed E-state index contributed by atoms with van der Waals surface area (Å²) in [5, 5.41) is 2.89. The van der Waals surface area contributed by atoms with Crippen molar-refractivity contribution in [1.29, 1.82) is 0 Å². The molecular weight excluding hydrogens is 218 g/mol. The minimum atomic E-state index is -0.741. The Kier molecular flexibility index (Phi) is 3.81. The lowest BCUT2D eigenvalue weighted by Crippen LogP contribution is -2.57. The first-order chi connectivity index (χ1) is 8.21. The Morgan fingerprint density at radius 3 is 2.65 bits per heavy atom. The van der Waals surface area contributed by atoms with E-state index in [0.29, 0.717) is 32.6 Å². The average Bonchev–Trinajstić information content (AvgIpc) is 2.83. The first-order valence-corrected chi connectivity index (χ1v) is 5.96. The topological polar surface area (TPSA) is 69.3 Å². The molecule has 94 valence electrons. The van der Waals surface area contributed by atoms with E-state index in [9.17, 15) is 4.79 Å². The van der Waals surface area contributed by atoms with Gasteiger partial charge in [-0.15, -0.1) is 0 Å². The summed E-state index contributed by atoms with van der Waals surface area (Å²) in [7, 11) is 0. The number of aromatic nitrogens is 1. The van der Waals surface area contributed by atoms with Crippen LogP contribution in [0, 0.1) is 0 Å². The fraction of sp³-hybridized carbons (Fsp3) is 0.583. The molecule has 0 bridgehead atoms. The first kappa shape index (κ1) is 12.1. The predicted molar refractivity (Wildman–Crippen MR) is 64.4 cm³/mol. The van der Waals surface area contributed by atoms with Crippen LogP contribution in [0.3, 0.4) is 0 Å². The maximum atomic E-state index is 11.9. The van der Waals surface area contributed by atoms with Gasteiger partial charge in [0.25, 0.3) is 0 Å². The van der Waals surface area contributed by atoms with E-state index in [1.807, 2.05) is 29.1 Å². The van der Waals surface area contributed by atoms with Crippen LogP contribution in [0.4, 0.5) is 0 Å². The molecule has 1 aromatic heterocycles. The van der Waals surface area contributed by atoms with Gasteiger partial charge in [-0.3, -0.25) is 4.79 Å². The first-order valence-electron chi connectivity index (χ1n) is 5.96. The van der Waals surface area contributed by atoms with Crippen molar-refractivity contribution in [1.82, 2.24) is 9.88 Å². The van der Waals surface area contributed by atoms with Gasteiger partial charge in [0.05, 0.1) is 5.54 Å². The van der Waals surface area contributed by atoms with E-state index in [1.54, 1.807) is 0 Å². The van der Waals surface area contributed by atoms with Crippen molar-refractivity contribution in [2.24, 2.45) is 5.73 Å². The zero-order valence-electron chi connectivity index (χ0n) is 9.89. The molecule has 1 fully saturated rings. The van der Waals surface area contributed by atoms with Crippen molar-refractivity contribution in [2.45, 2.75) is 24.9 Å². The molecular formula is C12H19N3O2. The van der Waals surface area contributed by atoms with E-state index in [0.717, 1.165) is 6.54 Å². The number of rotatable bonds is 4. The van der Waals surface area contributed by atoms with E-state index < -0.39 is 5.54 Å². The van der Waals surface area contributed by atoms with Crippen molar-refractivity contribution in [2.75, 3.05) is 19.8 Å². The van der Waals surface area contributed by atoms with Gasteiger partial charge in [-0.1, -0.05) is 0 Å². The fourth-order valence-corrected chi connectivity index (χ4v) is 1.96. The zero-order chi connectivity index (χ0) is 12.1. The third kappa shape index (κ3) is 3.08. The van der Waals surface area contributed by atoms with E-state index in [2.05, 4.69) is 5.32 Å². The van der Waals surface area contributed by atoms with Crippen LogP contribution in [-0.4, -0.2) is 35.8 Å². The molecule has 0 spiro atoms. The van der Waals surface area contributed by atoms with Gasteiger partial charge in [0, 0.05) is 38.7 Å². The second-order valence-electron chi connectivity index (χ2n) is 4.45. The highest BCUT2D eigenvalue weighted by Gasteiger charge is 2.35. The summed E-state index contributed by atoms with van der Waals surface area (Å²) in [6.45, 7) is 2.52. The third-order valence-corrected chi connectivity index (χ3v) is 3.16. The predicted octanol–water partition coefficient (Wildman–Crippen LogP) is 0.112. The summed E-state index contributed by atoms with van der Waals surface area (Å²) < 4.78 is 7.24. The number of hydrogen-bond acceptors (Lipinski definition) is 3. The largest absolute Gasteiger partial charge is 0.381 e. The summed E-state index contributed by atoms with van der Waals surface area (Å²) in [4.78, 5) is 11.9. The molecule has 0 atom stereocenters. The Bertz CT molecular complexity index is 356. The summed E-state index contributed by atoms with van der Waals surface area (Å²) in [5.41, 5.74) is 5.32. The molecule has 5 heteroatoms. The molecule has 0 unspecified atom stereocenters. The Morgan fingerprint density at radius 2 is 2.00 bits per heavy atom. The Morgan fingerprint density at radius 1 is 1.35 bits per heavy atom. The number of ether oxygens (including phenoxy) is 1. The number of carbonyl (C=O) groups excluding carboxylic acids is 1. The van der Waals surface area contributed by atoms with E-state index in [-0.39, 0.29) is 5.91 Å². The molecule has 17 heavy (non-hydrogen) atoms. The van der Waals surface area contributed by atoms with Crippen LogP contribution in [0.5, 0.6) is 0 Å². The molecule has 5 nitrogen and oxygen atoms in total. The van der Waals surface area contributed by atoms with Crippen LogP contribution in [0.2, 0.25) is 0 Å².